The van der Waals surface area contributed by atoms with Crippen molar-refractivity contribution in [2.45, 2.75) is 31.3 Å². The van der Waals surface area contributed by atoms with Crippen LogP contribution in [0, 0.1) is 0 Å². The lowest BCUT2D eigenvalue weighted by atomic mass is 9.87. The summed E-state index contributed by atoms with van der Waals surface area (Å²) in [5.41, 5.74) is 2.77. The third-order valence-corrected chi connectivity index (χ3v) is 4.77. The first-order chi connectivity index (χ1) is 8.67. The second-order valence-corrected chi connectivity index (χ2v) is 6.30. The summed E-state index contributed by atoms with van der Waals surface area (Å²) in [4.78, 5) is 0. The largest absolute Gasteiger partial charge is 0.306 e. The fraction of sp³-hybridized carbons (Fsp3) is 0.333. The van der Waals surface area contributed by atoms with Crippen LogP contribution in [-0.4, -0.2) is 6.04 Å². The van der Waals surface area contributed by atoms with Gasteiger partial charge in [0.2, 0.25) is 0 Å². The van der Waals surface area contributed by atoms with Gasteiger partial charge in [-0.05, 0) is 42.5 Å². The molecule has 1 nitrogen and oxygen atoms in total. The molecule has 0 unspecified atom stereocenters. The van der Waals surface area contributed by atoms with Gasteiger partial charge in [0.1, 0.15) is 0 Å². The van der Waals surface area contributed by atoms with Crippen molar-refractivity contribution in [1.82, 2.24) is 5.32 Å². The molecule has 0 amide bonds. The lowest BCUT2D eigenvalue weighted by Crippen LogP contribution is -2.39. The highest BCUT2D eigenvalue weighted by Gasteiger charge is 2.27. The van der Waals surface area contributed by atoms with Crippen LogP contribution < -0.4 is 5.32 Å². The van der Waals surface area contributed by atoms with Crippen molar-refractivity contribution < 1.29 is 0 Å². The zero-order chi connectivity index (χ0) is 13.1. The van der Waals surface area contributed by atoms with Gasteiger partial charge in [-0.1, -0.05) is 44.0 Å². The Kier molecular flexibility index (Phi) is 6.81. The van der Waals surface area contributed by atoms with Crippen LogP contribution in [0.1, 0.15) is 30.0 Å². The summed E-state index contributed by atoms with van der Waals surface area (Å²) in [6.45, 7) is 7.70. The van der Waals surface area contributed by atoms with Gasteiger partial charge >= 0.3 is 0 Å². The Bertz CT molecular complexity index is 473. The summed E-state index contributed by atoms with van der Waals surface area (Å²) >= 11 is 7.34. The van der Waals surface area contributed by atoms with E-state index in [0.717, 1.165) is 19.3 Å². The van der Waals surface area contributed by atoms with Crippen LogP contribution in [0.3, 0.4) is 0 Å². The minimum Gasteiger partial charge on any atom is -0.306 e. The number of hydrogen-bond donors (Lipinski definition) is 1. The van der Waals surface area contributed by atoms with Gasteiger partial charge in [0.05, 0.1) is 0 Å². The minimum absolute atomic E-state index is 0. The predicted octanol–water partition coefficient (Wildman–Crippen LogP) is 5.34. The van der Waals surface area contributed by atoms with Crippen molar-refractivity contribution in [2.24, 2.45) is 0 Å². The number of nitrogens with one attached hydrogen (secondary N) is 1. The highest BCUT2D eigenvalue weighted by molar-refractivity contribution is 9.11. The van der Waals surface area contributed by atoms with E-state index >= 15 is 0 Å². The molecular weight excluding hydrogens is 389 g/mol. The smallest absolute Gasteiger partial charge is 0.0371 e. The molecule has 0 bridgehead atoms. The highest BCUT2D eigenvalue weighted by atomic mass is 79.9. The maximum atomic E-state index is 3.86. The van der Waals surface area contributed by atoms with Crippen LogP contribution in [0.15, 0.2) is 46.4 Å². The summed E-state index contributed by atoms with van der Waals surface area (Å²) in [6, 6.07) is 5.02. The number of rotatable bonds is 4. The third-order valence-electron chi connectivity index (χ3n) is 3.34. The first-order valence-corrected chi connectivity index (χ1v) is 7.70. The molecule has 0 radical (unpaired) electrons. The first kappa shape index (κ1) is 17.0. The highest BCUT2D eigenvalue weighted by Crippen LogP contribution is 2.38. The number of fused-ring (bicyclic) bond motifs is 1. The molecule has 19 heavy (non-hydrogen) atoms. The van der Waals surface area contributed by atoms with Crippen LogP contribution >= 0.6 is 44.3 Å². The SMILES string of the molecule is C=CC[C@@H]1Cc2c(Br)ccc(Br)c2[C@@H](CC=C)N1.Cl. The van der Waals surface area contributed by atoms with Crippen molar-refractivity contribution in [2.75, 3.05) is 0 Å². The van der Waals surface area contributed by atoms with E-state index in [1.807, 2.05) is 12.2 Å². The van der Waals surface area contributed by atoms with E-state index in [2.05, 4.69) is 62.5 Å². The zero-order valence-electron chi connectivity index (χ0n) is 10.7. The summed E-state index contributed by atoms with van der Waals surface area (Å²) < 4.78 is 2.38. The lowest BCUT2D eigenvalue weighted by Gasteiger charge is -2.34. The van der Waals surface area contributed by atoms with E-state index < -0.39 is 0 Å². The molecule has 1 N–H and O–H groups in total. The third kappa shape index (κ3) is 3.72. The van der Waals surface area contributed by atoms with Crippen molar-refractivity contribution >= 4 is 44.3 Å². The van der Waals surface area contributed by atoms with E-state index in [0.29, 0.717) is 12.1 Å². The number of hydrogen-bond acceptors (Lipinski definition) is 1. The van der Waals surface area contributed by atoms with Gasteiger partial charge in [-0.15, -0.1) is 25.6 Å². The topological polar surface area (TPSA) is 12.0 Å². The van der Waals surface area contributed by atoms with Gasteiger partial charge in [-0.2, -0.15) is 0 Å². The van der Waals surface area contributed by atoms with Crippen molar-refractivity contribution in [3.05, 3.63) is 57.5 Å². The normalized spacial score (nSPS) is 21.2. The Morgan fingerprint density at radius 2 is 1.79 bits per heavy atom. The maximum Gasteiger partial charge on any atom is 0.0371 e. The predicted molar refractivity (Wildman–Crippen MR) is 92.1 cm³/mol. The molecular formula is C15H18Br2ClN. The molecule has 1 aromatic rings. The van der Waals surface area contributed by atoms with Gasteiger partial charge in [-0.3, -0.25) is 0 Å². The molecule has 104 valence electrons. The molecule has 2 atom stereocenters. The fourth-order valence-electron chi connectivity index (χ4n) is 2.57. The first-order valence-electron chi connectivity index (χ1n) is 6.12. The average molecular weight is 408 g/mol. The molecule has 1 aromatic carbocycles. The van der Waals surface area contributed by atoms with E-state index in [1.165, 1.54) is 20.1 Å². The molecule has 0 saturated heterocycles. The van der Waals surface area contributed by atoms with Gasteiger partial charge in [0, 0.05) is 21.0 Å². The second-order valence-electron chi connectivity index (χ2n) is 4.59. The van der Waals surface area contributed by atoms with Crippen LogP contribution in [0.4, 0.5) is 0 Å². The van der Waals surface area contributed by atoms with Gasteiger partial charge in [-0.25, -0.2) is 0 Å². The standard InChI is InChI=1S/C15H17Br2N.ClH/c1-3-5-10-9-11-12(16)7-8-13(17)15(11)14(18-10)6-4-2;/h3-4,7-8,10,14,18H,1-2,5-6,9H2;1H/t10-,14-;/m1./s1. The Labute approximate surface area is 138 Å². The Balaban J connectivity index is 0.00000180. The van der Waals surface area contributed by atoms with E-state index in [9.17, 15) is 0 Å². The minimum atomic E-state index is 0. The van der Waals surface area contributed by atoms with Crippen molar-refractivity contribution in [3.8, 4) is 0 Å². The molecule has 0 fully saturated rings. The fourth-order valence-corrected chi connectivity index (χ4v) is 3.73. The van der Waals surface area contributed by atoms with E-state index in [4.69, 9.17) is 0 Å². The Morgan fingerprint density at radius 3 is 2.42 bits per heavy atom. The van der Waals surface area contributed by atoms with Gasteiger partial charge in [0.15, 0.2) is 0 Å². The summed E-state index contributed by atoms with van der Waals surface area (Å²) in [6.07, 6.45) is 6.93. The number of halogens is 3. The molecule has 0 aliphatic carbocycles. The molecule has 0 saturated carbocycles. The molecule has 4 heteroatoms. The van der Waals surface area contributed by atoms with Crippen LogP contribution in [0.5, 0.6) is 0 Å². The maximum absolute atomic E-state index is 3.86. The van der Waals surface area contributed by atoms with E-state index in [1.54, 1.807) is 0 Å². The molecule has 1 aliphatic heterocycles. The monoisotopic (exact) mass is 405 g/mol. The molecule has 1 aliphatic rings. The van der Waals surface area contributed by atoms with Crippen molar-refractivity contribution in [1.29, 1.82) is 0 Å². The van der Waals surface area contributed by atoms with Crippen LogP contribution in [-0.2, 0) is 6.42 Å². The average Bonchev–Trinajstić information content (AvgIpc) is 2.34. The number of benzene rings is 1. The summed E-state index contributed by atoms with van der Waals surface area (Å²) in [5.74, 6) is 0. The molecule has 2 rings (SSSR count). The molecule has 0 spiro atoms. The quantitative estimate of drug-likeness (QED) is 0.664. The van der Waals surface area contributed by atoms with Crippen LogP contribution in [0.25, 0.3) is 0 Å². The Morgan fingerprint density at radius 1 is 1.16 bits per heavy atom. The zero-order valence-corrected chi connectivity index (χ0v) is 14.7. The van der Waals surface area contributed by atoms with Gasteiger partial charge < -0.3 is 5.32 Å². The van der Waals surface area contributed by atoms with Crippen molar-refractivity contribution in [3.63, 3.8) is 0 Å². The summed E-state index contributed by atoms with van der Waals surface area (Å²) in [7, 11) is 0. The molecule has 0 aromatic heterocycles. The summed E-state index contributed by atoms with van der Waals surface area (Å²) in [5, 5.41) is 3.69. The van der Waals surface area contributed by atoms with Crippen LogP contribution in [0.2, 0.25) is 0 Å². The lowest BCUT2D eigenvalue weighted by molar-refractivity contribution is 0.403. The van der Waals surface area contributed by atoms with E-state index in [-0.39, 0.29) is 12.4 Å². The second kappa shape index (κ2) is 7.63. The van der Waals surface area contributed by atoms with Gasteiger partial charge in [0.25, 0.3) is 0 Å². The molecule has 1 heterocycles. The Hall–Kier alpha value is -0.0900.